The molecule has 5 heteroatoms. The van der Waals surface area contributed by atoms with Crippen molar-refractivity contribution in [3.8, 4) is 0 Å². The summed E-state index contributed by atoms with van der Waals surface area (Å²) in [6.45, 7) is 3.76. The molecule has 1 unspecified atom stereocenters. The lowest BCUT2D eigenvalue weighted by atomic mass is 10.1. The third-order valence-corrected chi connectivity index (χ3v) is 2.81. The van der Waals surface area contributed by atoms with Crippen LogP contribution in [0.5, 0.6) is 0 Å². The topological polar surface area (TPSA) is 72.6 Å². The lowest BCUT2D eigenvalue weighted by Gasteiger charge is -2.24. The normalized spacial score (nSPS) is 11.5. The second-order valence-corrected chi connectivity index (χ2v) is 4.39. The minimum atomic E-state index is -0.694. The Morgan fingerprint density at radius 1 is 1.40 bits per heavy atom. The van der Waals surface area contributed by atoms with Gasteiger partial charge in [-0.05, 0) is 12.0 Å². The highest BCUT2D eigenvalue weighted by atomic mass is 16.5. The van der Waals surface area contributed by atoms with Crippen LogP contribution >= 0.6 is 0 Å². The molecule has 0 aromatic heterocycles. The largest absolute Gasteiger partial charge is 0.468 e. The molecular weight excluding hydrogens is 256 g/mol. The number of carbonyl (C=O) groups excluding carboxylic acids is 2. The van der Waals surface area contributed by atoms with Crippen LogP contribution in [0.1, 0.15) is 12.0 Å². The van der Waals surface area contributed by atoms with Gasteiger partial charge in [-0.25, -0.2) is 0 Å². The van der Waals surface area contributed by atoms with Crippen molar-refractivity contribution >= 4 is 11.9 Å². The molecule has 5 nitrogen and oxygen atoms in total. The van der Waals surface area contributed by atoms with Crippen LogP contribution < -0.4 is 5.73 Å². The van der Waals surface area contributed by atoms with Crippen molar-refractivity contribution in [3.63, 3.8) is 0 Å². The summed E-state index contributed by atoms with van der Waals surface area (Å²) in [7, 11) is 1.29. The molecule has 0 radical (unpaired) electrons. The quantitative estimate of drug-likeness (QED) is 0.597. The van der Waals surface area contributed by atoms with Gasteiger partial charge in [0.15, 0.2) is 0 Å². The molecule has 1 rings (SSSR count). The Balaban J connectivity index is 2.81. The molecule has 2 N–H and O–H groups in total. The molecular formula is C15H20N2O3. The second-order valence-electron chi connectivity index (χ2n) is 4.39. The van der Waals surface area contributed by atoms with E-state index in [4.69, 9.17) is 5.73 Å². The molecule has 108 valence electrons. The standard InChI is InChI=1S/C15H20N2O3/c1-3-7-13(16)15(19)17(11-14(18)20-2)10-12-8-5-4-6-9-12/h3-6,8-9,13H,1,7,10-11,16H2,2H3. The summed E-state index contributed by atoms with van der Waals surface area (Å²) in [6, 6.07) is 8.72. The fourth-order valence-electron chi connectivity index (χ4n) is 1.75. The number of hydrogen-bond acceptors (Lipinski definition) is 4. The van der Waals surface area contributed by atoms with Crippen molar-refractivity contribution in [2.45, 2.75) is 19.0 Å². The number of rotatable bonds is 7. The number of nitrogens with two attached hydrogens (primary N) is 1. The molecule has 0 saturated carbocycles. The van der Waals surface area contributed by atoms with Crippen LogP contribution in [0.3, 0.4) is 0 Å². The maximum Gasteiger partial charge on any atom is 0.325 e. The predicted molar refractivity (Wildman–Crippen MR) is 76.7 cm³/mol. The molecule has 0 aliphatic carbocycles. The molecule has 1 aromatic rings. The molecule has 0 saturated heterocycles. The molecule has 1 amide bonds. The monoisotopic (exact) mass is 276 g/mol. The summed E-state index contributed by atoms with van der Waals surface area (Å²) in [4.78, 5) is 25.1. The first-order valence-electron chi connectivity index (χ1n) is 6.34. The smallest absolute Gasteiger partial charge is 0.325 e. The average Bonchev–Trinajstić information content (AvgIpc) is 2.47. The Hall–Kier alpha value is -2.14. The molecule has 1 atom stereocenters. The van der Waals surface area contributed by atoms with Gasteiger partial charge in [-0.3, -0.25) is 9.59 Å². The van der Waals surface area contributed by atoms with Gasteiger partial charge in [0.25, 0.3) is 0 Å². The van der Waals surface area contributed by atoms with Crippen molar-refractivity contribution in [2.24, 2.45) is 5.73 Å². The number of ether oxygens (including phenoxy) is 1. The van der Waals surface area contributed by atoms with Gasteiger partial charge in [0.2, 0.25) is 5.91 Å². The first kappa shape index (κ1) is 15.9. The molecule has 0 aliphatic rings. The maximum atomic E-state index is 12.2. The van der Waals surface area contributed by atoms with E-state index in [1.807, 2.05) is 30.3 Å². The summed E-state index contributed by atoms with van der Waals surface area (Å²) < 4.78 is 4.61. The second kappa shape index (κ2) is 8.12. The van der Waals surface area contributed by atoms with Crippen LogP contribution in [0, 0.1) is 0 Å². The molecule has 0 fully saturated rings. The van der Waals surface area contributed by atoms with Gasteiger partial charge in [-0.1, -0.05) is 36.4 Å². The summed E-state index contributed by atoms with van der Waals surface area (Å²) >= 11 is 0. The highest BCUT2D eigenvalue weighted by Crippen LogP contribution is 2.07. The third-order valence-electron chi connectivity index (χ3n) is 2.81. The Morgan fingerprint density at radius 3 is 2.60 bits per heavy atom. The molecule has 0 spiro atoms. The van der Waals surface area contributed by atoms with E-state index in [0.717, 1.165) is 5.56 Å². The van der Waals surface area contributed by atoms with Gasteiger partial charge in [-0.15, -0.1) is 6.58 Å². The van der Waals surface area contributed by atoms with E-state index >= 15 is 0 Å². The first-order chi connectivity index (χ1) is 9.58. The number of benzene rings is 1. The van der Waals surface area contributed by atoms with Crippen LogP contribution in [0.25, 0.3) is 0 Å². The van der Waals surface area contributed by atoms with E-state index in [9.17, 15) is 9.59 Å². The molecule has 1 aromatic carbocycles. The van der Waals surface area contributed by atoms with Gasteiger partial charge < -0.3 is 15.4 Å². The fraction of sp³-hybridized carbons (Fsp3) is 0.333. The lowest BCUT2D eigenvalue weighted by molar-refractivity contribution is -0.147. The highest BCUT2D eigenvalue weighted by Gasteiger charge is 2.22. The minimum Gasteiger partial charge on any atom is -0.468 e. The summed E-state index contributed by atoms with van der Waals surface area (Å²) in [6.07, 6.45) is 1.95. The summed E-state index contributed by atoms with van der Waals surface area (Å²) in [5.41, 5.74) is 6.71. The summed E-state index contributed by atoms with van der Waals surface area (Å²) in [5, 5.41) is 0. The van der Waals surface area contributed by atoms with Crippen molar-refractivity contribution < 1.29 is 14.3 Å². The predicted octanol–water partition coefficient (Wildman–Crippen LogP) is 1.09. The van der Waals surface area contributed by atoms with E-state index in [1.165, 1.54) is 12.0 Å². The Kier molecular flexibility index (Phi) is 6.46. The van der Waals surface area contributed by atoms with E-state index in [0.29, 0.717) is 13.0 Å². The van der Waals surface area contributed by atoms with Crippen LogP contribution in [0.4, 0.5) is 0 Å². The van der Waals surface area contributed by atoms with Crippen LogP contribution in [0.15, 0.2) is 43.0 Å². The first-order valence-corrected chi connectivity index (χ1v) is 6.34. The zero-order valence-corrected chi connectivity index (χ0v) is 11.6. The summed E-state index contributed by atoms with van der Waals surface area (Å²) in [5.74, 6) is -0.765. The van der Waals surface area contributed by atoms with E-state index in [1.54, 1.807) is 6.08 Å². The van der Waals surface area contributed by atoms with Gasteiger partial charge >= 0.3 is 5.97 Å². The highest BCUT2D eigenvalue weighted by molar-refractivity contribution is 5.85. The van der Waals surface area contributed by atoms with Crippen LogP contribution in [0.2, 0.25) is 0 Å². The Labute approximate surface area is 119 Å². The van der Waals surface area contributed by atoms with Crippen molar-refractivity contribution in [1.29, 1.82) is 0 Å². The Bertz CT molecular complexity index is 459. The molecule has 20 heavy (non-hydrogen) atoms. The van der Waals surface area contributed by atoms with Crippen molar-refractivity contribution in [2.75, 3.05) is 13.7 Å². The number of methoxy groups -OCH3 is 1. The van der Waals surface area contributed by atoms with Gasteiger partial charge in [-0.2, -0.15) is 0 Å². The average molecular weight is 276 g/mol. The van der Waals surface area contributed by atoms with E-state index < -0.39 is 12.0 Å². The van der Waals surface area contributed by atoms with Gasteiger partial charge in [0.05, 0.1) is 13.2 Å². The third kappa shape index (κ3) is 4.85. The van der Waals surface area contributed by atoms with Crippen molar-refractivity contribution in [3.05, 3.63) is 48.6 Å². The Morgan fingerprint density at radius 2 is 2.05 bits per heavy atom. The number of carbonyl (C=O) groups is 2. The van der Waals surface area contributed by atoms with Gasteiger partial charge in [0.1, 0.15) is 6.54 Å². The van der Waals surface area contributed by atoms with Crippen LogP contribution in [-0.2, 0) is 20.9 Å². The number of amides is 1. The molecule has 0 heterocycles. The van der Waals surface area contributed by atoms with E-state index in [2.05, 4.69) is 11.3 Å². The van der Waals surface area contributed by atoms with Gasteiger partial charge in [0, 0.05) is 6.54 Å². The number of esters is 1. The zero-order chi connectivity index (χ0) is 15.0. The zero-order valence-electron chi connectivity index (χ0n) is 11.6. The molecule has 0 bridgehead atoms. The van der Waals surface area contributed by atoms with Crippen molar-refractivity contribution in [1.82, 2.24) is 4.90 Å². The number of hydrogen-bond donors (Lipinski definition) is 1. The van der Waals surface area contributed by atoms with Crippen LogP contribution in [-0.4, -0.2) is 36.5 Å². The molecule has 0 aliphatic heterocycles. The fourth-order valence-corrected chi connectivity index (χ4v) is 1.75. The number of nitrogens with zero attached hydrogens (tertiary/aromatic N) is 1. The SMILES string of the molecule is C=CCC(N)C(=O)N(CC(=O)OC)Cc1ccccc1. The van der Waals surface area contributed by atoms with E-state index in [-0.39, 0.29) is 12.5 Å². The maximum absolute atomic E-state index is 12.2. The minimum absolute atomic E-state index is 0.116. The lowest BCUT2D eigenvalue weighted by Crippen LogP contribution is -2.45.